The molecule has 1 aromatic carbocycles. The minimum Gasteiger partial charge on any atom is -0.295 e. The Kier molecular flexibility index (Phi) is 2.93. The van der Waals surface area contributed by atoms with Crippen molar-refractivity contribution in [3.8, 4) is 0 Å². The molecule has 1 atom stereocenters. The molecule has 1 aromatic heterocycles. The summed E-state index contributed by atoms with van der Waals surface area (Å²) in [5.74, 6) is -0.680. The second-order valence-corrected chi connectivity index (χ2v) is 4.85. The van der Waals surface area contributed by atoms with E-state index >= 15 is 0 Å². The maximum atomic E-state index is 12.5. The van der Waals surface area contributed by atoms with Gasteiger partial charge < -0.3 is 0 Å². The van der Waals surface area contributed by atoms with Crippen molar-refractivity contribution < 1.29 is 9.59 Å². The van der Waals surface area contributed by atoms with Gasteiger partial charge in [-0.25, -0.2) is 4.79 Å². The van der Waals surface area contributed by atoms with E-state index in [4.69, 9.17) is 0 Å². The van der Waals surface area contributed by atoms with Crippen LogP contribution in [0.4, 0.5) is 0 Å². The fraction of sp³-hybridized carbons (Fsp3) is 0.357. The standard InChI is InChI=1S/C14H15N3O3/c1-2-16-9-5-3-4-6-10(9)17(14(16)20)11-7-8-12(18)15-13(11)19/h3-6,11H,2,7-8H2,1H3,(H,15,18,19). The Labute approximate surface area is 115 Å². The molecular formula is C14H15N3O3. The predicted octanol–water partition coefficient (Wildman–Crippen LogP) is 0.801. The molecule has 2 aromatic rings. The third-order valence-electron chi connectivity index (χ3n) is 3.71. The summed E-state index contributed by atoms with van der Waals surface area (Å²) in [4.78, 5) is 35.7. The Morgan fingerprint density at radius 2 is 1.90 bits per heavy atom. The van der Waals surface area contributed by atoms with E-state index in [1.807, 2.05) is 31.2 Å². The zero-order chi connectivity index (χ0) is 14.3. The highest BCUT2D eigenvalue weighted by Gasteiger charge is 2.31. The first-order valence-corrected chi connectivity index (χ1v) is 6.67. The third-order valence-corrected chi connectivity index (χ3v) is 3.71. The second kappa shape index (κ2) is 4.63. The fourth-order valence-electron chi connectivity index (χ4n) is 2.77. The van der Waals surface area contributed by atoms with Crippen LogP contribution in [0.1, 0.15) is 25.8 Å². The summed E-state index contributed by atoms with van der Waals surface area (Å²) < 4.78 is 3.14. The summed E-state index contributed by atoms with van der Waals surface area (Å²) in [6, 6.07) is 6.78. The molecule has 2 amide bonds. The molecule has 2 heterocycles. The molecule has 0 radical (unpaired) electrons. The van der Waals surface area contributed by atoms with Crippen LogP contribution in [0.2, 0.25) is 0 Å². The summed E-state index contributed by atoms with van der Waals surface area (Å²) in [6.07, 6.45) is 0.622. The van der Waals surface area contributed by atoms with Gasteiger partial charge in [0, 0.05) is 13.0 Å². The lowest BCUT2D eigenvalue weighted by Crippen LogP contribution is -2.44. The number of para-hydroxylation sites is 2. The zero-order valence-electron chi connectivity index (χ0n) is 11.1. The van der Waals surface area contributed by atoms with Gasteiger partial charge in [0.1, 0.15) is 6.04 Å². The number of hydrogen-bond donors (Lipinski definition) is 1. The number of imide groups is 1. The van der Waals surface area contributed by atoms with Gasteiger partial charge in [-0.2, -0.15) is 0 Å². The average Bonchev–Trinajstić information content (AvgIpc) is 2.71. The number of benzene rings is 1. The molecule has 20 heavy (non-hydrogen) atoms. The van der Waals surface area contributed by atoms with Crippen LogP contribution < -0.4 is 11.0 Å². The van der Waals surface area contributed by atoms with Crippen molar-refractivity contribution in [2.24, 2.45) is 0 Å². The first-order valence-electron chi connectivity index (χ1n) is 6.67. The summed E-state index contributed by atoms with van der Waals surface area (Å²) in [6.45, 7) is 2.43. The summed E-state index contributed by atoms with van der Waals surface area (Å²) in [5, 5.41) is 2.30. The van der Waals surface area contributed by atoms with Gasteiger partial charge in [-0.1, -0.05) is 12.1 Å². The molecule has 1 N–H and O–H groups in total. The number of aromatic nitrogens is 2. The number of nitrogens with one attached hydrogen (secondary N) is 1. The molecule has 0 saturated carbocycles. The Morgan fingerprint density at radius 1 is 1.20 bits per heavy atom. The van der Waals surface area contributed by atoms with Crippen LogP contribution in [-0.4, -0.2) is 20.9 Å². The lowest BCUT2D eigenvalue weighted by molar-refractivity contribution is -0.135. The van der Waals surface area contributed by atoms with Crippen molar-refractivity contribution in [1.29, 1.82) is 0 Å². The highest BCUT2D eigenvalue weighted by Crippen LogP contribution is 2.22. The van der Waals surface area contributed by atoms with E-state index in [1.165, 1.54) is 4.57 Å². The molecule has 1 fully saturated rings. The number of carbonyl (C=O) groups excluding carboxylic acids is 2. The van der Waals surface area contributed by atoms with Crippen LogP contribution in [-0.2, 0) is 16.1 Å². The van der Waals surface area contributed by atoms with Crippen molar-refractivity contribution in [2.45, 2.75) is 32.4 Å². The number of nitrogens with zero attached hydrogens (tertiary/aromatic N) is 2. The number of piperidine rings is 1. The van der Waals surface area contributed by atoms with E-state index in [9.17, 15) is 14.4 Å². The molecule has 6 heteroatoms. The van der Waals surface area contributed by atoms with Crippen LogP contribution in [0, 0.1) is 0 Å². The number of amides is 2. The van der Waals surface area contributed by atoms with E-state index in [1.54, 1.807) is 4.57 Å². The summed E-state index contributed by atoms with van der Waals surface area (Å²) in [7, 11) is 0. The number of carbonyl (C=O) groups is 2. The van der Waals surface area contributed by atoms with Crippen LogP contribution in [0.3, 0.4) is 0 Å². The largest absolute Gasteiger partial charge is 0.329 e. The number of rotatable bonds is 2. The molecule has 1 aliphatic rings. The van der Waals surface area contributed by atoms with E-state index in [-0.39, 0.29) is 18.0 Å². The third kappa shape index (κ3) is 1.76. The first-order chi connectivity index (χ1) is 9.63. The molecule has 1 saturated heterocycles. The van der Waals surface area contributed by atoms with Crippen LogP contribution >= 0.6 is 0 Å². The van der Waals surface area contributed by atoms with Gasteiger partial charge in [0.15, 0.2) is 0 Å². The van der Waals surface area contributed by atoms with Crippen molar-refractivity contribution in [3.63, 3.8) is 0 Å². The average molecular weight is 273 g/mol. The second-order valence-electron chi connectivity index (χ2n) is 4.85. The smallest absolute Gasteiger partial charge is 0.295 e. The number of imidazole rings is 1. The molecular weight excluding hydrogens is 258 g/mol. The lowest BCUT2D eigenvalue weighted by Gasteiger charge is -2.21. The van der Waals surface area contributed by atoms with Gasteiger partial charge in [-0.3, -0.25) is 24.0 Å². The Hall–Kier alpha value is -2.37. The van der Waals surface area contributed by atoms with E-state index < -0.39 is 11.9 Å². The van der Waals surface area contributed by atoms with Gasteiger partial charge in [0.05, 0.1) is 11.0 Å². The van der Waals surface area contributed by atoms with E-state index in [2.05, 4.69) is 5.32 Å². The number of aryl methyl sites for hydroxylation is 1. The molecule has 0 bridgehead atoms. The summed E-state index contributed by atoms with van der Waals surface area (Å²) in [5.41, 5.74) is 1.33. The Morgan fingerprint density at radius 3 is 2.55 bits per heavy atom. The SMILES string of the molecule is CCn1c(=O)n(C2CCC(=O)NC2=O)c2ccccc21. The van der Waals surface area contributed by atoms with Gasteiger partial charge in [-0.05, 0) is 25.5 Å². The molecule has 1 unspecified atom stereocenters. The molecule has 1 aliphatic heterocycles. The van der Waals surface area contributed by atoms with Crippen LogP contribution in [0.25, 0.3) is 11.0 Å². The maximum Gasteiger partial charge on any atom is 0.329 e. The Bertz CT molecular complexity index is 757. The quantitative estimate of drug-likeness (QED) is 0.823. The maximum absolute atomic E-state index is 12.5. The molecule has 104 valence electrons. The van der Waals surface area contributed by atoms with Gasteiger partial charge >= 0.3 is 5.69 Å². The van der Waals surface area contributed by atoms with E-state index in [0.29, 0.717) is 13.0 Å². The van der Waals surface area contributed by atoms with E-state index in [0.717, 1.165) is 11.0 Å². The van der Waals surface area contributed by atoms with Gasteiger partial charge in [0.25, 0.3) is 0 Å². The van der Waals surface area contributed by atoms with Crippen molar-refractivity contribution >= 4 is 22.8 Å². The number of fused-ring (bicyclic) bond motifs is 1. The fourth-order valence-corrected chi connectivity index (χ4v) is 2.77. The molecule has 0 spiro atoms. The lowest BCUT2D eigenvalue weighted by atomic mass is 10.1. The van der Waals surface area contributed by atoms with Crippen molar-refractivity contribution in [3.05, 3.63) is 34.7 Å². The van der Waals surface area contributed by atoms with Gasteiger partial charge in [-0.15, -0.1) is 0 Å². The molecule has 6 nitrogen and oxygen atoms in total. The topological polar surface area (TPSA) is 73.1 Å². The summed E-state index contributed by atoms with van der Waals surface area (Å²) >= 11 is 0. The minimum absolute atomic E-state index is 0.205. The Balaban J connectivity index is 2.21. The minimum atomic E-state index is -0.613. The number of hydrogen-bond acceptors (Lipinski definition) is 3. The highest BCUT2D eigenvalue weighted by molar-refractivity contribution is 6.00. The molecule has 0 aliphatic carbocycles. The molecule has 3 rings (SSSR count). The highest BCUT2D eigenvalue weighted by atomic mass is 16.2. The normalized spacial score (nSPS) is 19.4. The first kappa shape index (κ1) is 12.7. The van der Waals surface area contributed by atoms with Crippen molar-refractivity contribution in [2.75, 3.05) is 0 Å². The zero-order valence-corrected chi connectivity index (χ0v) is 11.1. The predicted molar refractivity (Wildman–Crippen MR) is 73.3 cm³/mol. The van der Waals surface area contributed by atoms with Crippen LogP contribution in [0.15, 0.2) is 29.1 Å². The monoisotopic (exact) mass is 273 g/mol. The van der Waals surface area contributed by atoms with Crippen molar-refractivity contribution in [1.82, 2.24) is 14.5 Å². The van der Waals surface area contributed by atoms with Gasteiger partial charge in [0.2, 0.25) is 11.8 Å². The van der Waals surface area contributed by atoms with Crippen LogP contribution in [0.5, 0.6) is 0 Å².